The lowest BCUT2D eigenvalue weighted by atomic mass is 10.3. The van der Waals surface area contributed by atoms with Crippen molar-refractivity contribution in [3.63, 3.8) is 0 Å². The molecule has 0 aliphatic rings. The highest BCUT2D eigenvalue weighted by atomic mass is 16.7. The fourth-order valence-electron chi connectivity index (χ4n) is 0.707. The molecule has 0 fully saturated rings. The van der Waals surface area contributed by atoms with E-state index in [1.807, 2.05) is 0 Å². The first-order valence-electron chi connectivity index (χ1n) is 4.98. The normalized spacial score (nSPS) is 9.42. The first-order chi connectivity index (χ1) is 8.65. The predicted molar refractivity (Wildman–Crippen MR) is 63.3 cm³/mol. The zero-order chi connectivity index (χ0) is 15.2. The number of primary amides is 1. The topological polar surface area (TPSA) is 125 Å². The summed E-state index contributed by atoms with van der Waals surface area (Å²) >= 11 is 0. The maximum Gasteiger partial charge on any atom is 0.336 e. The molecule has 8 nitrogen and oxygen atoms in total. The molecule has 0 heterocycles. The van der Waals surface area contributed by atoms with Crippen molar-refractivity contribution < 1.29 is 28.7 Å². The van der Waals surface area contributed by atoms with Gasteiger partial charge in [-0.3, -0.25) is 10.1 Å². The van der Waals surface area contributed by atoms with Crippen LogP contribution in [-0.2, 0) is 23.9 Å². The molecule has 0 aliphatic heterocycles. The molecule has 0 spiro atoms. The van der Waals surface area contributed by atoms with Crippen LogP contribution in [0, 0.1) is 0 Å². The molecule has 0 aromatic carbocycles. The SMILES string of the molecule is C=C(C)C(=O)OC(OC(=O)C(=C)C)C(=O)NC(N)=O. The average molecular weight is 270 g/mol. The van der Waals surface area contributed by atoms with Crippen LogP contribution in [0.15, 0.2) is 24.3 Å². The summed E-state index contributed by atoms with van der Waals surface area (Å²) in [7, 11) is 0. The number of imide groups is 1. The van der Waals surface area contributed by atoms with Gasteiger partial charge in [0, 0.05) is 11.1 Å². The monoisotopic (exact) mass is 270 g/mol. The van der Waals surface area contributed by atoms with Gasteiger partial charge in [-0.05, 0) is 13.8 Å². The van der Waals surface area contributed by atoms with Crippen molar-refractivity contribution >= 4 is 23.9 Å². The van der Waals surface area contributed by atoms with E-state index in [4.69, 9.17) is 5.73 Å². The molecule has 0 unspecified atom stereocenters. The molecule has 0 bridgehead atoms. The van der Waals surface area contributed by atoms with Crippen molar-refractivity contribution in [2.75, 3.05) is 0 Å². The Morgan fingerprint density at radius 1 is 1.00 bits per heavy atom. The highest BCUT2D eigenvalue weighted by molar-refractivity contribution is 5.98. The van der Waals surface area contributed by atoms with Crippen LogP contribution in [0.4, 0.5) is 4.79 Å². The Balaban J connectivity index is 4.92. The molecule has 0 aromatic rings. The van der Waals surface area contributed by atoms with Gasteiger partial charge in [0.15, 0.2) is 0 Å². The maximum absolute atomic E-state index is 11.4. The first kappa shape index (κ1) is 16.4. The smallest absolute Gasteiger partial charge is 0.336 e. The summed E-state index contributed by atoms with van der Waals surface area (Å²) in [5, 5.41) is 1.62. The Morgan fingerprint density at radius 2 is 1.37 bits per heavy atom. The minimum Gasteiger partial charge on any atom is -0.412 e. The first-order valence-corrected chi connectivity index (χ1v) is 4.98. The van der Waals surface area contributed by atoms with E-state index in [9.17, 15) is 19.2 Å². The number of urea groups is 1. The Kier molecular flexibility index (Phi) is 5.98. The molecule has 0 radical (unpaired) electrons. The molecule has 0 aromatic heterocycles. The molecule has 3 N–H and O–H groups in total. The van der Waals surface area contributed by atoms with Gasteiger partial charge in [0.05, 0.1) is 0 Å². The summed E-state index contributed by atoms with van der Waals surface area (Å²) in [6, 6.07) is -1.19. The lowest BCUT2D eigenvalue weighted by Gasteiger charge is -2.16. The summed E-state index contributed by atoms with van der Waals surface area (Å²) in [5.41, 5.74) is 4.68. The number of nitrogens with one attached hydrogen (secondary N) is 1. The minimum atomic E-state index is -1.96. The molecular weight excluding hydrogens is 256 g/mol. The highest BCUT2D eigenvalue weighted by Gasteiger charge is 2.28. The summed E-state index contributed by atoms with van der Waals surface area (Å²) in [6.07, 6.45) is -1.96. The Bertz CT molecular complexity index is 426. The van der Waals surface area contributed by atoms with Crippen LogP contribution < -0.4 is 11.1 Å². The van der Waals surface area contributed by atoms with Gasteiger partial charge >= 0.3 is 30.2 Å². The second-order valence-corrected chi connectivity index (χ2v) is 3.56. The van der Waals surface area contributed by atoms with E-state index in [1.54, 1.807) is 5.32 Å². The van der Waals surface area contributed by atoms with Crippen molar-refractivity contribution in [1.29, 1.82) is 0 Å². The standard InChI is InChI=1S/C11H14N2O6/c1-5(2)8(15)18-10(7(14)13-11(12)17)19-9(16)6(3)4/h10H,1,3H2,2,4H3,(H3,12,13,14,17). The number of carbonyl (C=O) groups is 4. The van der Waals surface area contributed by atoms with Gasteiger partial charge in [-0.2, -0.15) is 0 Å². The van der Waals surface area contributed by atoms with Gasteiger partial charge in [-0.25, -0.2) is 14.4 Å². The second-order valence-electron chi connectivity index (χ2n) is 3.56. The molecule has 0 saturated carbocycles. The van der Waals surface area contributed by atoms with Crippen molar-refractivity contribution in [1.82, 2.24) is 5.32 Å². The molecule has 19 heavy (non-hydrogen) atoms. The maximum atomic E-state index is 11.4. The quantitative estimate of drug-likeness (QED) is 0.403. The van der Waals surface area contributed by atoms with E-state index in [0.29, 0.717) is 0 Å². The van der Waals surface area contributed by atoms with E-state index in [0.717, 1.165) is 0 Å². The Labute approximate surface area is 109 Å². The summed E-state index contributed by atoms with van der Waals surface area (Å²) in [6.45, 7) is 9.22. The molecule has 0 saturated heterocycles. The van der Waals surface area contributed by atoms with Crippen LogP contribution in [0.3, 0.4) is 0 Å². The van der Waals surface area contributed by atoms with E-state index >= 15 is 0 Å². The number of amides is 3. The number of rotatable bonds is 5. The number of hydrogen-bond donors (Lipinski definition) is 2. The molecular formula is C11H14N2O6. The third kappa shape index (κ3) is 6.01. The molecule has 0 rings (SSSR count). The predicted octanol–water partition coefficient (Wildman–Crippen LogP) is -0.254. The van der Waals surface area contributed by atoms with Crippen LogP contribution >= 0.6 is 0 Å². The van der Waals surface area contributed by atoms with E-state index < -0.39 is 30.2 Å². The number of nitrogens with two attached hydrogens (primary N) is 1. The Hall–Kier alpha value is -2.64. The van der Waals surface area contributed by atoms with E-state index in [2.05, 4.69) is 22.6 Å². The fourth-order valence-corrected chi connectivity index (χ4v) is 0.707. The van der Waals surface area contributed by atoms with Crippen LogP contribution in [-0.4, -0.2) is 30.2 Å². The number of esters is 2. The zero-order valence-electron chi connectivity index (χ0n) is 10.5. The van der Waals surface area contributed by atoms with E-state index in [-0.39, 0.29) is 11.1 Å². The molecule has 8 heteroatoms. The summed E-state index contributed by atoms with van der Waals surface area (Å²) in [4.78, 5) is 44.5. The fraction of sp³-hybridized carbons (Fsp3) is 0.273. The van der Waals surface area contributed by atoms with Gasteiger partial charge in [0.2, 0.25) is 0 Å². The Morgan fingerprint density at radius 3 is 1.63 bits per heavy atom. The van der Waals surface area contributed by atoms with Crippen LogP contribution in [0.1, 0.15) is 13.8 Å². The highest BCUT2D eigenvalue weighted by Crippen LogP contribution is 2.04. The molecule has 0 atom stereocenters. The van der Waals surface area contributed by atoms with Crippen molar-refractivity contribution in [3.8, 4) is 0 Å². The molecule has 0 aliphatic carbocycles. The van der Waals surface area contributed by atoms with Gasteiger partial charge in [0.1, 0.15) is 0 Å². The average Bonchev–Trinajstić information content (AvgIpc) is 2.26. The van der Waals surface area contributed by atoms with Crippen molar-refractivity contribution in [2.24, 2.45) is 5.73 Å². The van der Waals surface area contributed by atoms with Crippen molar-refractivity contribution in [3.05, 3.63) is 24.3 Å². The van der Waals surface area contributed by atoms with Crippen LogP contribution in [0.25, 0.3) is 0 Å². The summed E-state index contributed by atoms with van der Waals surface area (Å²) < 4.78 is 9.11. The van der Waals surface area contributed by atoms with Gasteiger partial charge in [0.25, 0.3) is 0 Å². The minimum absolute atomic E-state index is 0.0248. The number of hydrogen-bond acceptors (Lipinski definition) is 6. The third-order valence-corrected chi connectivity index (χ3v) is 1.59. The van der Waals surface area contributed by atoms with Crippen molar-refractivity contribution in [2.45, 2.75) is 20.1 Å². The number of carbonyl (C=O) groups excluding carboxylic acids is 4. The lowest BCUT2D eigenvalue weighted by Crippen LogP contribution is -2.45. The van der Waals surface area contributed by atoms with Gasteiger partial charge in [-0.1, -0.05) is 13.2 Å². The van der Waals surface area contributed by atoms with Gasteiger partial charge < -0.3 is 15.2 Å². The largest absolute Gasteiger partial charge is 0.412 e. The molecule has 3 amide bonds. The van der Waals surface area contributed by atoms with Gasteiger partial charge in [-0.15, -0.1) is 0 Å². The number of ether oxygens (including phenoxy) is 2. The zero-order valence-corrected chi connectivity index (χ0v) is 10.5. The second kappa shape index (κ2) is 6.94. The van der Waals surface area contributed by atoms with Crippen LogP contribution in [0.5, 0.6) is 0 Å². The third-order valence-electron chi connectivity index (χ3n) is 1.59. The van der Waals surface area contributed by atoms with Crippen LogP contribution in [0.2, 0.25) is 0 Å². The van der Waals surface area contributed by atoms with E-state index in [1.165, 1.54) is 13.8 Å². The molecule has 104 valence electrons. The summed E-state index contributed by atoms with van der Waals surface area (Å²) in [5.74, 6) is -3.14. The lowest BCUT2D eigenvalue weighted by molar-refractivity contribution is -0.187.